The monoisotopic (exact) mass is 306 g/mol. The summed E-state index contributed by atoms with van der Waals surface area (Å²) in [6, 6.07) is 5.30. The SMILES string of the molecule is CC(C)C(=O)N[C@H](CO)c1cccc(N2CCN(C)CC2)n1. The molecule has 1 aliphatic rings. The molecule has 0 radical (unpaired) electrons. The first-order chi connectivity index (χ1) is 10.5. The predicted molar refractivity (Wildman–Crippen MR) is 86.8 cm³/mol. The topological polar surface area (TPSA) is 68.7 Å². The van der Waals surface area contributed by atoms with Crippen LogP contribution in [0.3, 0.4) is 0 Å². The fraction of sp³-hybridized carbons (Fsp3) is 0.625. The van der Waals surface area contributed by atoms with Crippen LogP contribution in [-0.2, 0) is 4.79 Å². The van der Waals surface area contributed by atoms with Gasteiger partial charge in [0.25, 0.3) is 0 Å². The molecule has 1 fully saturated rings. The number of hydrogen-bond donors (Lipinski definition) is 2. The van der Waals surface area contributed by atoms with Crippen molar-refractivity contribution < 1.29 is 9.90 Å². The molecule has 6 nitrogen and oxygen atoms in total. The standard InChI is InChI=1S/C16H26N4O2/c1-12(2)16(22)18-14(11-21)13-5-4-6-15(17-13)20-9-7-19(3)8-10-20/h4-6,12,14,21H,7-11H2,1-3H3,(H,18,22)/t14-/m1/s1. The maximum Gasteiger partial charge on any atom is 0.223 e. The molecule has 0 unspecified atom stereocenters. The molecule has 0 saturated carbocycles. The summed E-state index contributed by atoms with van der Waals surface area (Å²) in [7, 11) is 2.12. The number of aliphatic hydroxyl groups excluding tert-OH is 1. The van der Waals surface area contributed by atoms with Crippen LogP contribution in [0.4, 0.5) is 5.82 Å². The van der Waals surface area contributed by atoms with Crippen molar-refractivity contribution in [2.24, 2.45) is 5.92 Å². The van der Waals surface area contributed by atoms with Crippen LogP contribution < -0.4 is 10.2 Å². The first-order valence-electron chi connectivity index (χ1n) is 7.83. The number of rotatable bonds is 5. The number of anilines is 1. The van der Waals surface area contributed by atoms with Crippen LogP contribution in [0.2, 0.25) is 0 Å². The molecule has 6 heteroatoms. The van der Waals surface area contributed by atoms with E-state index in [-0.39, 0.29) is 18.4 Å². The molecule has 0 aliphatic carbocycles. The van der Waals surface area contributed by atoms with E-state index in [4.69, 9.17) is 0 Å². The zero-order chi connectivity index (χ0) is 16.1. The van der Waals surface area contributed by atoms with Gasteiger partial charge in [-0.1, -0.05) is 19.9 Å². The van der Waals surface area contributed by atoms with Gasteiger partial charge in [0.05, 0.1) is 18.3 Å². The van der Waals surface area contributed by atoms with E-state index < -0.39 is 6.04 Å². The number of nitrogens with one attached hydrogen (secondary N) is 1. The Morgan fingerprint density at radius 3 is 2.59 bits per heavy atom. The number of carbonyl (C=O) groups is 1. The minimum atomic E-state index is -0.456. The van der Waals surface area contributed by atoms with Crippen molar-refractivity contribution in [2.75, 3.05) is 44.7 Å². The molecule has 22 heavy (non-hydrogen) atoms. The number of likely N-dealkylation sites (N-methyl/N-ethyl adjacent to an activating group) is 1. The molecule has 1 saturated heterocycles. The maximum absolute atomic E-state index is 11.8. The van der Waals surface area contributed by atoms with Gasteiger partial charge in [-0.05, 0) is 19.2 Å². The lowest BCUT2D eigenvalue weighted by Gasteiger charge is -2.33. The molecular weight excluding hydrogens is 280 g/mol. The highest BCUT2D eigenvalue weighted by atomic mass is 16.3. The van der Waals surface area contributed by atoms with Gasteiger partial charge in [-0.15, -0.1) is 0 Å². The van der Waals surface area contributed by atoms with Crippen LogP contribution in [0.15, 0.2) is 18.2 Å². The van der Waals surface area contributed by atoms with Crippen LogP contribution in [0.25, 0.3) is 0 Å². The van der Waals surface area contributed by atoms with E-state index >= 15 is 0 Å². The van der Waals surface area contributed by atoms with Gasteiger partial charge in [0.2, 0.25) is 5.91 Å². The van der Waals surface area contributed by atoms with Crippen molar-refractivity contribution in [1.29, 1.82) is 0 Å². The Balaban J connectivity index is 2.10. The van der Waals surface area contributed by atoms with Crippen molar-refractivity contribution in [3.05, 3.63) is 23.9 Å². The normalized spacial score (nSPS) is 17.6. The minimum absolute atomic E-state index is 0.0779. The number of nitrogens with zero attached hydrogens (tertiary/aromatic N) is 3. The third-order valence-electron chi connectivity index (χ3n) is 3.96. The van der Waals surface area contributed by atoms with Crippen molar-refractivity contribution >= 4 is 11.7 Å². The first kappa shape index (κ1) is 16.7. The van der Waals surface area contributed by atoms with Crippen LogP contribution in [-0.4, -0.2) is 60.7 Å². The van der Waals surface area contributed by atoms with E-state index in [1.807, 2.05) is 32.0 Å². The zero-order valence-corrected chi connectivity index (χ0v) is 13.6. The number of aromatic nitrogens is 1. The number of aliphatic hydroxyl groups is 1. The summed E-state index contributed by atoms with van der Waals surface area (Å²) in [6.07, 6.45) is 0. The summed E-state index contributed by atoms with van der Waals surface area (Å²) in [4.78, 5) is 21.0. The van der Waals surface area contributed by atoms with Crippen LogP contribution in [0, 0.1) is 5.92 Å². The van der Waals surface area contributed by atoms with E-state index in [0.29, 0.717) is 5.69 Å². The zero-order valence-electron chi connectivity index (χ0n) is 13.6. The molecule has 1 aromatic rings. The average molecular weight is 306 g/mol. The van der Waals surface area contributed by atoms with Gasteiger partial charge >= 0.3 is 0 Å². The molecular formula is C16H26N4O2. The maximum atomic E-state index is 11.8. The second-order valence-electron chi connectivity index (χ2n) is 6.11. The molecule has 2 rings (SSSR count). The molecule has 1 aromatic heterocycles. The highest BCUT2D eigenvalue weighted by Crippen LogP contribution is 2.18. The van der Waals surface area contributed by atoms with Crippen LogP contribution >= 0.6 is 0 Å². The number of hydrogen-bond acceptors (Lipinski definition) is 5. The van der Waals surface area contributed by atoms with Crippen LogP contribution in [0.5, 0.6) is 0 Å². The van der Waals surface area contributed by atoms with Gasteiger partial charge in [-0.3, -0.25) is 4.79 Å². The summed E-state index contributed by atoms with van der Waals surface area (Å²) in [5.74, 6) is 0.712. The molecule has 122 valence electrons. The summed E-state index contributed by atoms with van der Waals surface area (Å²) in [6.45, 7) is 7.41. The third kappa shape index (κ3) is 4.18. The number of piperazine rings is 1. The fourth-order valence-electron chi connectivity index (χ4n) is 2.40. The van der Waals surface area contributed by atoms with Crippen LogP contribution in [0.1, 0.15) is 25.6 Å². The lowest BCUT2D eigenvalue weighted by Crippen LogP contribution is -2.45. The molecule has 0 aromatic carbocycles. The molecule has 1 aliphatic heterocycles. The van der Waals surface area contributed by atoms with Crippen molar-refractivity contribution in [2.45, 2.75) is 19.9 Å². The Kier molecular flexibility index (Phi) is 5.74. The quantitative estimate of drug-likeness (QED) is 0.835. The largest absolute Gasteiger partial charge is 0.394 e. The molecule has 1 atom stereocenters. The molecule has 0 spiro atoms. The van der Waals surface area contributed by atoms with Crippen molar-refractivity contribution in [1.82, 2.24) is 15.2 Å². The number of pyridine rings is 1. The Bertz CT molecular complexity index is 499. The van der Waals surface area contributed by atoms with E-state index in [1.54, 1.807) is 0 Å². The van der Waals surface area contributed by atoms with Gasteiger partial charge in [0, 0.05) is 32.1 Å². The third-order valence-corrected chi connectivity index (χ3v) is 3.96. The van der Waals surface area contributed by atoms with Gasteiger partial charge in [0.15, 0.2) is 0 Å². The van der Waals surface area contributed by atoms with E-state index in [2.05, 4.69) is 27.1 Å². The Morgan fingerprint density at radius 2 is 2.00 bits per heavy atom. The van der Waals surface area contributed by atoms with E-state index in [0.717, 1.165) is 32.0 Å². The Labute approximate surface area is 132 Å². The molecule has 2 heterocycles. The highest BCUT2D eigenvalue weighted by molar-refractivity contribution is 5.78. The van der Waals surface area contributed by atoms with E-state index in [9.17, 15) is 9.90 Å². The lowest BCUT2D eigenvalue weighted by atomic mass is 10.1. The average Bonchev–Trinajstić information content (AvgIpc) is 2.53. The Hall–Kier alpha value is -1.66. The predicted octanol–water partition coefficient (Wildman–Crippen LogP) is 0.639. The summed E-state index contributed by atoms with van der Waals surface area (Å²) < 4.78 is 0. The first-order valence-corrected chi connectivity index (χ1v) is 7.83. The van der Waals surface area contributed by atoms with Gasteiger partial charge in [-0.2, -0.15) is 0 Å². The second kappa shape index (κ2) is 7.56. The van der Waals surface area contributed by atoms with Gasteiger partial charge in [-0.25, -0.2) is 4.98 Å². The minimum Gasteiger partial charge on any atom is -0.394 e. The second-order valence-corrected chi connectivity index (χ2v) is 6.11. The van der Waals surface area contributed by atoms with Gasteiger partial charge < -0.3 is 20.2 Å². The molecule has 0 bridgehead atoms. The highest BCUT2D eigenvalue weighted by Gasteiger charge is 2.19. The fourth-order valence-corrected chi connectivity index (χ4v) is 2.40. The van der Waals surface area contributed by atoms with E-state index in [1.165, 1.54) is 0 Å². The molecule has 1 amide bonds. The number of carbonyl (C=O) groups excluding carboxylic acids is 1. The summed E-state index contributed by atoms with van der Waals surface area (Å²) >= 11 is 0. The summed E-state index contributed by atoms with van der Waals surface area (Å²) in [5.41, 5.74) is 0.702. The molecule has 2 N–H and O–H groups in total. The smallest absolute Gasteiger partial charge is 0.223 e. The lowest BCUT2D eigenvalue weighted by molar-refractivity contribution is -0.125. The Morgan fingerprint density at radius 1 is 1.32 bits per heavy atom. The summed E-state index contributed by atoms with van der Waals surface area (Å²) in [5, 5.41) is 12.4. The number of amides is 1. The van der Waals surface area contributed by atoms with Crippen molar-refractivity contribution in [3.8, 4) is 0 Å². The van der Waals surface area contributed by atoms with Crippen molar-refractivity contribution in [3.63, 3.8) is 0 Å². The van der Waals surface area contributed by atoms with Gasteiger partial charge in [0.1, 0.15) is 5.82 Å².